The van der Waals surface area contributed by atoms with Gasteiger partial charge in [0.1, 0.15) is 11.0 Å². The average Bonchev–Trinajstić information content (AvgIpc) is 2.71. The summed E-state index contributed by atoms with van der Waals surface area (Å²) in [5.41, 5.74) is 1.01. The Labute approximate surface area is 187 Å². The number of hydrogen-bond donors (Lipinski definition) is 3. The predicted molar refractivity (Wildman–Crippen MR) is 112 cm³/mol. The van der Waals surface area contributed by atoms with Crippen LogP contribution in [0.1, 0.15) is 6.92 Å². The van der Waals surface area contributed by atoms with Crippen molar-refractivity contribution in [2.45, 2.75) is 11.8 Å². The van der Waals surface area contributed by atoms with E-state index in [1.54, 1.807) is 0 Å². The van der Waals surface area contributed by atoms with Crippen molar-refractivity contribution in [3.63, 3.8) is 0 Å². The molecule has 0 radical (unpaired) electrons. The van der Waals surface area contributed by atoms with Crippen molar-refractivity contribution in [2.24, 2.45) is 0 Å². The van der Waals surface area contributed by atoms with E-state index in [1.807, 2.05) is 5.59 Å². The number of benzene rings is 2. The van der Waals surface area contributed by atoms with Crippen molar-refractivity contribution in [3.8, 4) is 11.5 Å². The molecule has 0 aromatic heterocycles. The molecule has 2 aromatic rings. The zero-order valence-electron chi connectivity index (χ0n) is 17.6. The molecule has 176 valence electrons. The van der Waals surface area contributed by atoms with Crippen LogP contribution in [-0.4, -0.2) is 60.0 Å². The highest BCUT2D eigenvalue weighted by molar-refractivity contribution is 7.87. The quantitative estimate of drug-likeness (QED) is 0.110. The third-order valence-electron chi connectivity index (χ3n) is 3.78. The summed E-state index contributed by atoms with van der Waals surface area (Å²) in [4.78, 5) is 38.0. The fraction of sp³-hybridized carbons (Fsp3) is 0.176. The number of amides is 1. The standard InChI is InChI=1S/C17H19N6O9S/c1-11(24)18-12-5-7-13(8-6-12)33(29,30)32-17-10-16(31-19-23(28)20(2)3)14(21(4)25)9-15(17)22(26)27/h5-10H,4H2,1-3H3,(H2-,18,19,24,25,28)/q+1/p+1. The largest absolute Gasteiger partial charge is 0.371 e. The number of nitroso groups, excluding NO2 is 1. The molecule has 15 nitrogen and oxygen atoms in total. The van der Waals surface area contributed by atoms with E-state index >= 15 is 0 Å². The van der Waals surface area contributed by atoms with Gasteiger partial charge < -0.3 is 14.3 Å². The summed E-state index contributed by atoms with van der Waals surface area (Å²) in [7, 11) is -1.83. The first-order valence-corrected chi connectivity index (χ1v) is 10.2. The number of anilines is 1. The molecule has 0 aliphatic rings. The smallest absolute Gasteiger partial charge is 0.339 e. The molecular weight excluding hydrogens is 464 g/mol. The van der Waals surface area contributed by atoms with Gasteiger partial charge in [-0.2, -0.15) is 8.42 Å². The third kappa shape index (κ3) is 6.26. The molecule has 33 heavy (non-hydrogen) atoms. The lowest BCUT2D eigenvalue weighted by atomic mass is 10.2. The van der Waals surface area contributed by atoms with Gasteiger partial charge in [0.15, 0.2) is 6.72 Å². The van der Waals surface area contributed by atoms with Gasteiger partial charge in [-0.25, -0.2) is 0 Å². The van der Waals surface area contributed by atoms with E-state index in [-0.39, 0.29) is 26.2 Å². The van der Waals surface area contributed by atoms with Gasteiger partial charge in [0, 0.05) is 23.4 Å². The maximum Gasteiger partial charge on any atom is 0.339 e. The van der Waals surface area contributed by atoms with Gasteiger partial charge in [0.25, 0.3) is 4.98 Å². The number of hydrogen-bond acceptors (Lipinski definition) is 9. The van der Waals surface area contributed by atoms with Crippen LogP contribution < -0.4 is 19.9 Å². The first-order chi connectivity index (χ1) is 15.3. The molecule has 16 heteroatoms. The Kier molecular flexibility index (Phi) is 7.34. The molecule has 2 rings (SSSR count). The van der Waals surface area contributed by atoms with E-state index in [4.69, 9.17) is 9.02 Å². The van der Waals surface area contributed by atoms with E-state index in [2.05, 4.69) is 12.0 Å². The first kappa shape index (κ1) is 24.8. The molecule has 0 atom stereocenters. The lowest BCUT2D eigenvalue weighted by molar-refractivity contribution is -0.772. The molecule has 0 fully saturated rings. The average molecular weight is 484 g/mol. The van der Waals surface area contributed by atoms with Crippen LogP contribution in [0, 0.1) is 15.0 Å². The van der Waals surface area contributed by atoms with E-state index < -0.39 is 32.2 Å². The van der Waals surface area contributed by atoms with Gasteiger partial charge in [-0.1, -0.05) is 0 Å². The maximum atomic E-state index is 12.7. The number of carbonyl (C=O) groups excluding carboxylic acids is 1. The minimum Gasteiger partial charge on any atom is -0.371 e. The molecule has 0 aliphatic heterocycles. The van der Waals surface area contributed by atoms with Crippen LogP contribution in [0.25, 0.3) is 0 Å². The third-order valence-corrected chi connectivity index (χ3v) is 5.02. The number of nitro groups is 1. The van der Waals surface area contributed by atoms with Crippen LogP contribution >= 0.6 is 0 Å². The van der Waals surface area contributed by atoms with Crippen molar-refractivity contribution in [2.75, 3.05) is 19.4 Å². The Morgan fingerprint density at radius 1 is 1.12 bits per heavy atom. The van der Waals surface area contributed by atoms with Crippen LogP contribution in [0.4, 0.5) is 17.1 Å². The number of nitrogens with one attached hydrogen (secondary N) is 2. The van der Waals surface area contributed by atoms with E-state index in [9.17, 15) is 33.4 Å². The Balaban J connectivity index is 2.47. The summed E-state index contributed by atoms with van der Waals surface area (Å²) in [6.45, 7) is 4.45. The van der Waals surface area contributed by atoms with Gasteiger partial charge in [0.05, 0.1) is 29.5 Å². The summed E-state index contributed by atoms with van der Waals surface area (Å²) >= 11 is 0. The highest BCUT2D eigenvalue weighted by Gasteiger charge is 2.31. The van der Waals surface area contributed by atoms with Crippen LogP contribution in [0.3, 0.4) is 0 Å². The van der Waals surface area contributed by atoms with E-state index in [0.717, 1.165) is 29.3 Å². The fourth-order valence-electron chi connectivity index (χ4n) is 2.28. The van der Waals surface area contributed by atoms with Gasteiger partial charge in [-0.3, -0.25) is 20.1 Å². The lowest BCUT2D eigenvalue weighted by Gasteiger charge is -2.10. The van der Waals surface area contributed by atoms with Crippen LogP contribution in [0.5, 0.6) is 11.5 Å². The zero-order chi connectivity index (χ0) is 24.9. The highest BCUT2D eigenvalue weighted by atomic mass is 32.2. The van der Waals surface area contributed by atoms with Crippen LogP contribution in [-0.2, 0) is 14.9 Å². The van der Waals surface area contributed by atoms with Gasteiger partial charge in [0.2, 0.25) is 17.4 Å². The van der Waals surface area contributed by atoms with Crippen molar-refractivity contribution in [1.29, 1.82) is 0 Å². The zero-order valence-corrected chi connectivity index (χ0v) is 18.4. The number of carbonyl (C=O) groups is 1. The lowest BCUT2D eigenvalue weighted by Crippen LogP contribution is -2.39. The molecule has 0 unspecified atom stereocenters. The second-order valence-corrected chi connectivity index (χ2v) is 8.05. The molecule has 0 spiro atoms. The first-order valence-electron chi connectivity index (χ1n) is 8.83. The SMILES string of the molecule is C=[N+](O)c1cc([N+](=O)[O-])c(OS(=O)(=O)c2ccc(NC(C)=O)cc2)cc1ON[N+](=O)N(C)C. The van der Waals surface area contributed by atoms with Crippen LogP contribution in [0.2, 0.25) is 0 Å². The molecule has 3 N–H and O–H groups in total. The van der Waals surface area contributed by atoms with E-state index in [0.29, 0.717) is 5.69 Å². The Morgan fingerprint density at radius 2 is 1.73 bits per heavy atom. The Hall–Kier alpha value is -4.47. The molecule has 1 amide bonds. The van der Waals surface area contributed by atoms with Crippen molar-refractivity contribution in [1.82, 2.24) is 10.6 Å². The summed E-state index contributed by atoms with van der Waals surface area (Å²) in [6, 6.07) is 6.35. The van der Waals surface area contributed by atoms with Crippen molar-refractivity contribution < 1.29 is 42.1 Å². The van der Waals surface area contributed by atoms with E-state index in [1.165, 1.54) is 33.2 Å². The predicted octanol–water partition coefficient (Wildman–Crippen LogP) is 1.11. The number of nitro benzene ring substituents is 1. The summed E-state index contributed by atoms with van der Waals surface area (Å²) in [6.07, 6.45) is 0. The number of rotatable bonds is 10. The molecular formula is C17H20N6O9S+2. The van der Waals surface area contributed by atoms with Crippen molar-refractivity contribution >= 4 is 39.8 Å². The normalized spacial score (nSPS) is 10.6. The Morgan fingerprint density at radius 3 is 2.21 bits per heavy atom. The number of nitrogens with zero attached hydrogens (tertiary/aromatic N) is 4. The van der Waals surface area contributed by atoms with Gasteiger partial charge in [-0.15, -0.1) is 5.01 Å². The van der Waals surface area contributed by atoms with Gasteiger partial charge in [-0.05, 0) is 24.3 Å². The molecule has 0 heterocycles. The minimum atomic E-state index is -4.57. The maximum absolute atomic E-state index is 12.7. The number of hydrazine groups is 2. The van der Waals surface area contributed by atoms with Crippen LogP contribution in [0.15, 0.2) is 41.3 Å². The second kappa shape index (κ2) is 9.77. The minimum absolute atomic E-state index is 0.129. The molecule has 2 aromatic carbocycles. The van der Waals surface area contributed by atoms with Crippen molar-refractivity contribution in [3.05, 3.63) is 51.4 Å². The topological polar surface area (TPSA) is 183 Å². The highest BCUT2D eigenvalue weighted by Crippen LogP contribution is 2.39. The second-order valence-electron chi connectivity index (χ2n) is 6.50. The summed E-state index contributed by atoms with van der Waals surface area (Å²) in [5.74, 6) is -1.56. The molecule has 0 bridgehead atoms. The molecule has 0 aliphatic carbocycles. The van der Waals surface area contributed by atoms with Gasteiger partial charge >= 0.3 is 21.5 Å². The summed E-state index contributed by atoms with van der Waals surface area (Å²) in [5, 5.41) is 24.6. The summed E-state index contributed by atoms with van der Waals surface area (Å²) < 4.78 is 30.5. The Bertz CT molecular complexity index is 1210. The monoisotopic (exact) mass is 484 g/mol. The molecule has 0 saturated heterocycles. The fourth-order valence-corrected chi connectivity index (χ4v) is 3.21. The molecule has 0 saturated carbocycles.